The minimum atomic E-state index is -3.60. The van der Waals surface area contributed by atoms with Gasteiger partial charge in [0.15, 0.2) is 0 Å². The Bertz CT molecular complexity index is 888. The second kappa shape index (κ2) is 8.00. The van der Waals surface area contributed by atoms with Crippen molar-refractivity contribution in [3.63, 3.8) is 0 Å². The summed E-state index contributed by atoms with van der Waals surface area (Å²) in [5.74, 6) is 1.21. The normalized spacial score (nSPS) is 17.0. The Hall–Kier alpha value is -1.90. The van der Waals surface area contributed by atoms with E-state index in [1.165, 1.54) is 7.11 Å². The van der Waals surface area contributed by atoms with Gasteiger partial charge in [0, 0.05) is 31.7 Å². The predicted octanol–water partition coefficient (Wildman–Crippen LogP) is 2.51. The highest BCUT2D eigenvalue weighted by atomic mass is 32.2. The van der Waals surface area contributed by atoms with Gasteiger partial charge in [-0.1, -0.05) is 11.2 Å². The van der Waals surface area contributed by atoms with Gasteiger partial charge >= 0.3 is 0 Å². The molecule has 2 heterocycles. The first-order valence-electron chi connectivity index (χ1n) is 9.12. The van der Waals surface area contributed by atoms with E-state index in [2.05, 4.69) is 10.1 Å². The van der Waals surface area contributed by atoms with Crippen LogP contribution in [0.5, 0.6) is 5.75 Å². The Kier molecular flexibility index (Phi) is 5.88. The average molecular weight is 394 g/mol. The molecule has 3 rings (SSSR count). The highest BCUT2D eigenvalue weighted by molar-refractivity contribution is 7.89. The smallest absolute Gasteiger partial charge is 0.246 e. The average Bonchev–Trinajstić information content (AvgIpc) is 2.84. The molecule has 1 fully saturated rings. The van der Waals surface area contributed by atoms with E-state index in [1.54, 1.807) is 16.4 Å². The minimum Gasteiger partial charge on any atom is -0.495 e. The fourth-order valence-corrected chi connectivity index (χ4v) is 5.13. The molecule has 0 atom stereocenters. The molecule has 27 heavy (non-hydrogen) atoms. The van der Waals surface area contributed by atoms with E-state index >= 15 is 0 Å². The van der Waals surface area contributed by atoms with Gasteiger partial charge in [-0.25, -0.2) is 8.42 Å². The maximum Gasteiger partial charge on any atom is 0.246 e. The summed E-state index contributed by atoms with van der Waals surface area (Å²) in [6, 6.07) is 5.25. The van der Waals surface area contributed by atoms with Crippen molar-refractivity contribution in [2.24, 2.45) is 0 Å². The Labute approximate surface area is 160 Å². The fourth-order valence-electron chi connectivity index (χ4n) is 3.42. The maximum atomic E-state index is 13.2. The SMILES string of the molecule is COc1ccc(C)cc1S(=O)(=O)N1CCCN(Cc2c(C)noc2C)CC1. The molecule has 8 heteroatoms. The summed E-state index contributed by atoms with van der Waals surface area (Å²) in [5, 5.41) is 4.00. The van der Waals surface area contributed by atoms with Crippen molar-refractivity contribution in [1.82, 2.24) is 14.4 Å². The molecule has 7 nitrogen and oxygen atoms in total. The van der Waals surface area contributed by atoms with Gasteiger partial charge in [-0.3, -0.25) is 4.90 Å². The second-order valence-electron chi connectivity index (χ2n) is 6.99. The Morgan fingerprint density at radius 2 is 1.93 bits per heavy atom. The third-order valence-electron chi connectivity index (χ3n) is 5.05. The van der Waals surface area contributed by atoms with Crippen LogP contribution < -0.4 is 4.74 Å². The summed E-state index contributed by atoms with van der Waals surface area (Å²) in [4.78, 5) is 2.50. The number of aromatic nitrogens is 1. The van der Waals surface area contributed by atoms with Crippen LogP contribution in [0.2, 0.25) is 0 Å². The fraction of sp³-hybridized carbons (Fsp3) is 0.526. The molecule has 0 bridgehead atoms. The van der Waals surface area contributed by atoms with Gasteiger partial charge in [0.1, 0.15) is 16.4 Å². The molecule has 1 aliphatic heterocycles. The van der Waals surface area contributed by atoms with E-state index < -0.39 is 10.0 Å². The first-order chi connectivity index (χ1) is 12.8. The van der Waals surface area contributed by atoms with Gasteiger partial charge in [-0.2, -0.15) is 4.31 Å². The lowest BCUT2D eigenvalue weighted by atomic mass is 10.2. The minimum absolute atomic E-state index is 0.240. The van der Waals surface area contributed by atoms with Gasteiger partial charge in [-0.15, -0.1) is 0 Å². The lowest BCUT2D eigenvalue weighted by Crippen LogP contribution is -2.35. The number of nitrogens with zero attached hydrogens (tertiary/aromatic N) is 3. The van der Waals surface area contributed by atoms with Gasteiger partial charge < -0.3 is 9.26 Å². The van der Waals surface area contributed by atoms with Crippen LogP contribution >= 0.6 is 0 Å². The molecule has 148 valence electrons. The molecule has 0 amide bonds. The Morgan fingerprint density at radius 3 is 2.59 bits per heavy atom. The van der Waals surface area contributed by atoms with Crippen LogP contribution in [0.25, 0.3) is 0 Å². The van der Waals surface area contributed by atoms with Crippen molar-refractivity contribution < 1.29 is 17.7 Å². The summed E-state index contributed by atoms with van der Waals surface area (Å²) < 4.78 is 38.5. The molecule has 1 saturated heterocycles. The lowest BCUT2D eigenvalue weighted by molar-refractivity contribution is 0.276. The molecular weight excluding hydrogens is 366 g/mol. The number of rotatable bonds is 5. The number of aryl methyl sites for hydroxylation is 3. The second-order valence-corrected chi connectivity index (χ2v) is 8.90. The molecule has 0 unspecified atom stereocenters. The summed E-state index contributed by atoms with van der Waals surface area (Å²) in [7, 11) is -2.10. The molecule has 0 radical (unpaired) electrons. The molecule has 0 spiro atoms. The van der Waals surface area contributed by atoms with Crippen molar-refractivity contribution in [3.8, 4) is 5.75 Å². The van der Waals surface area contributed by atoms with Crippen LogP contribution in [0.15, 0.2) is 27.6 Å². The number of methoxy groups -OCH3 is 1. The predicted molar refractivity (Wildman–Crippen MR) is 102 cm³/mol. The summed E-state index contributed by atoms with van der Waals surface area (Å²) in [6.45, 7) is 8.90. The number of benzene rings is 1. The Balaban J connectivity index is 1.76. The van der Waals surface area contributed by atoms with E-state index in [9.17, 15) is 8.42 Å². The van der Waals surface area contributed by atoms with Gasteiger partial charge in [0.2, 0.25) is 10.0 Å². The topological polar surface area (TPSA) is 75.9 Å². The molecule has 1 aliphatic rings. The van der Waals surface area contributed by atoms with Crippen LogP contribution in [-0.4, -0.2) is 56.1 Å². The highest BCUT2D eigenvalue weighted by Gasteiger charge is 2.30. The summed E-state index contributed by atoms with van der Waals surface area (Å²) in [6.07, 6.45) is 0.775. The van der Waals surface area contributed by atoms with Crippen molar-refractivity contribution in [1.29, 1.82) is 0 Å². The van der Waals surface area contributed by atoms with Gasteiger partial charge in [0.25, 0.3) is 0 Å². The molecular formula is C19H27N3O4S. The molecule has 1 aromatic carbocycles. The molecule has 0 N–H and O–H groups in total. The van der Waals surface area contributed by atoms with Crippen molar-refractivity contribution >= 4 is 10.0 Å². The molecule has 0 saturated carbocycles. The summed E-state index contributed by atoms with van der Waals surface area (Å²) in [5.41, 5.74) is 2.88. The largest absolute Gasteiger partial charge is 0.495 e. The van der Waals surface area contributed by atoms with Gasteiger partial charge in [0.05, 0.1) is 12.8 Å². The summed E-state index contributed by atoms with van der Waals surface area (Å²) >= 11 is 0. The standard InChI is InChI=1S/C19H27N3O4S/c1-14-6-7-18(25-4)19(12-14)27(23,24)22-9-5-8-21(10-11-22)13-17-15(2)20-26-16(17)3/h6-7,12H,5,8-11,13H2,1-4H3. The zero-order valence-electron chi connectivity index (χ0n) is 16.4. The highest BCUT2D eigenvalue weighted by Crippen LogP contribution is 2.28. The van der Waals surface area contributed by atoms with E-state index in [4.69, 9.17) is 9.26 Å². The molecule has 2 aromatic rings. The maximum absolute atomic E-state index is 13.2. The van der Waals surface area contributed by atoms with Crippen LogP contribution in [0.4, 0.5) is 0 Å². The molecule has 1 aromatic heterocycles. The third-order valence-corrected chi connectivity index (χ3v) is 6.97. The van der Waals surface area contributed by atoms with Crippen LogP contribution in [0, 0.1) is 20.8 Å². The lowest BCUT2D eigenvalue weighted by Gasteiger charge is -2.22. The first-order valence-corrected chi connectivity index (χ1v) is 10.6. The monoisotopic (exact) mass is 393 g/mol. The zero-order chi connectivity index (χ0) is 19.6. The number of hydrogen-bond donors (Lipinski definition) is 0. The number of sulfonamides is 1. The van der Waals surface area contributed by atoms with E-state index in [-0.39, 0.29) is 4.90 Å². The van der Waals surface area contributed by atoms with Crippen molar-refractivity contribution in [2.45, 2.75) is 38.6 Å². The van der Waals surface area contributed by atoms with Crippen LogP contribution in [0.1, 0.15) is 29.0 Å². The quantitative estimate of drug-likeness (QED) is 0.777. The number of ether oxygens (including phenoxy) is 1. The first kappa shape index (κ1) is 19.9. The Morgan fingerprint density at radius 1 is 1.15 bits per heavy atom. The number of hydrogen-bond acceptors (Lipinski definition) is 6. The van der Waals surface area contributed by atoms with Crippen LogP contribution in [0.3, 0.4) is 0 Å². The molecule has 0 aliphatic carbocycles. The van der Waals surface area contributed by atoms with E-state index in [1.807, 2.05) is 26.8 Å². The zero-order valence-corrected chi connectivity index (χ0v) is 17.2. The third kappa shape index (κ3) is 4.17. The van der Waals surface area contributed by atoms with Crippen molar-refractivity contribution in [3.05, 3.63) is 40.8 Å². The van der Waals surface area contributed by atoms with E-state index in [0.29, 0.717) is 25.4 Å². The van der Waals surface area contributed by atoms with E-state index in [0.717, 1.165) is 42.1 Å². The van der Waals surface area contributed by atoms with Crippen LogP contribution in [-0.2, 0) is 16.6 Å². The van der Waals surface area contributed by atoms with Crippen molar-refractivity contribution in [2.75, 3.05) is 33.3 Å². The van der Waals surface area contributed by atoms with Gasteiger partial charge in [-0.05, 0) is 51.4 Å².